The smallest absolute Gasteiger partial charge is 0.404 e. The minimum absolute atomic E-state index is 0.00418. The Morgan fingerprint density at radius 2 is 1.78 bits per heavy atom. The monoisotopic (exact) mass is 624 g/mol. The van der Waals surface area contributed by atoms with Gasteiger partial charge in [-0.05, 0) is 40.4 Å². The van der Waals surface area contributed by atoms with Crippen molar-refractivity contribution in [2.75, 3.05) is 38.6 Å². The van der Waals surface area contributed by atoms with E-state index >= 15 is 0 Å². The number of aromatic nitrogens is 2. The normalized spacial score (nSPS) is 17.2. The molecule has 1 aliphatic rings. The molecule has 1 aromatic rings. The molecule has 20 heteroatoms. The van der Waals surface area contributed by atoms with Crippen LogP contribution in [0.1, 0.15) is 47.4 Å². The lowest BCUT2D eigenvalue weighted by atomic mass is 9.99. The Bertz CT molecular complexity index is 1210. The minimum atomic E-state index is -5.03. The van der Waals surface area contributed by atoms with E-state index in [4.69, 9.17) is 21.0 Å². The molecule has 6 N–H and O–H groups in total. The first-order chi connectivity index (χ1) is 18.9. The van der Waals surface area contributed by atoms with Crippen molar-refractivity contribution in [3.05, 3.63) is 5.82 Å². The van der Waals surface area contributed by atoms with Crippen molar-refractivity contribution >= 4 is 56.6 Å². The van der Waals surface area contributed by atoms with Crippen LogP contribution in [0.4, 0.5) is 9.93 Å². The summed E-state index contributed by atoms with van der Waals surface area (Å²) in [4.78, 5) is 58.6. The number of nitrogen functional groups attached to an aromatic ring is 1. The summed E-state index contributed by atoms with van der Waals surface area (Å²) in [5.41, 5.74) is 8.92. The van der Waals surface area contributed by atoms with Crippen LogP contribution in [-0.2, 0) is 39.0 Å². The number of rotatable bonds is 12. The number of nitrogens with one attached hydrogen (secondary N) is 1. The van der Waals surface area contributed by atoms with Crippen molar-refractivity contribution in [1.82, 2.24) is 23.9 Å². The minimum Gasteiger partial charge on any atom is -0.457 e. The molecule has 0 aromatic carbocycles. The molecule has 1 saturated heterocycles. The zero-order valence-corrected chi connectivity index (χ0v) is 25.2. The number of carbonyl (C=O) groups is 4. The zero-order chi connectivity index (χ0) is 31.5. The third-order valence-corrected chi connectivity index (χ3v) is 6.56. The number of hydrogen-bond donors (Lipinski definition) is 4. The van der Waals surface area contributed by atoms with Gasteiger partial charge >= 0.3 is 22.4 Å². The Hall–Kier alpha value is -3.62. The predicted molar refractivity (Wildman–Crippen MR) is 146 cm³/mol. The molecular weight excluding hydrogens is 588 g/mol. The van der Waals surface area contributed by atoms with E-state index in [0.29, 0.717) is 11.5 Å². The highest BCUT2D eigenvalue weighted by Crippen LogP contribution is 2.24. The van der Waals surface area contributed by atoms with E-state index < -0.39 is 70.8 Å². The van der Waals surface area contributed by atoms with Gasteiger partial charge in [-0.25, -0.2) is 13.9 Å². The second-order valence-corrected chi connectivity index (χ2v) is 11.2. The summed E-state index contributed by atoms with van der Waals surface area (Å²) in [6.07, 6.45) is -1.29. The molecule has 0 aliphatic carbocycles. The average molecular weight is 625 g/mol. The number of hydrogen-bond acceptors (Lipinski definition) is 15. The summed E-state index contributed by atoms with van der Waals surface area (Å²) in [5.74, 6) is -3.51. The Kier molecular flexibility index (Phi) is 13.3. The van der Waals surface area contributed by atoms with E-state index in [2.05, 4.69) is 50.2 Å². The van der Waals surface area contributed by atoms with Gasteiger partial charge in [-0.3, -0.25) is 14.1 Å². The average Bonchev–Trinajstić information content (AvgIpc) is 3.27. The van der Waals surface area contributed by atoms with Crippen molar-refractivity contribution < 1.29 is 46.5 Å². The molecule has 2 rings (SSSR count). The van der Waals surface area contributed by atoms with Crippen LogP contribution in [-0.4, -0.2) is 112 Å². The van der Waals surface area contributed by atoms with E-state index in [-0.39, 0.29) is 15.3 Å². The van der Waals surface area contributed by atoms with Gasteiger partial charge in [-0.2, -0.15) is 17.8 Å². The van der Waals surface area contributed by atoms with Crippen molar-refractivity contribution in [3.63, 3.8) is 0 Å². The van der Waals surface area contributed by atoms with Crippen LogP contribution in [0.15, 0.2) is 5.16 Å². The van der Waals surface area contributed by atoms with Crippen LogP contribution in [0.2, 0.25) is 0 Å². The number of anilines is 1. The van der Waals surface area contributed by atoms with Gasteiger partial charge in [-0.15, -0.1) is 0 Å². The summed E-state index contributed by atoms with van der Waals surface area (Å²) in [5, 5.41) is 5.61. The molecule has 2 heterocycles. The lowest BCUT2D eigenvalue weighted by Crippen LogP contribution is -2.73. The van der Waals surface area contributed by atoms with Crippen molar-refractivity contribution in [1.29, 1.82) is 0 Å². The maximum absolute atomic E-state index is 12.8. The van der Waals surface area contributed by atoms with Gasteiger partial charge in [0.2, 0.25) is 18.1 Å². The highest BCUT2D eigenvalue weighted by molar-refractivity contribution is 7.84. The van der Waals surface area contributed by atoms with E-state index in [0.717, 1.165) is 0 Å². The van der Waals surface area contributed by atoms with Gasteiger partial charge in [0.05, 0.1) is 0 Å². The Morgan fingerprint density at radius 1 is 1.20 bits per heavy atom. The second-order valence-electron chi connectivity index (χ2n) is 9.14. The van der Waals surface area contributed by atoms with Crippen molar-refractivity contribution in [2.24, 2.45) is 10.9 Å². The van der Waals surface area contributed by atoms with Crippen LogP contribution >= 0.6 is 11.5 Å². The molecule has 3 amide bonds. The maximum Gasteiger partial charge on any atom is 0.404 e. The number of nitrogens with zero attached hydrogens (tertiary/aromatic N) is 5. The number of primary amides is 1. The van der Waals surface area contributed by atoms with Gasteiger partial charge in [0.1, 0.15) is 24.3 Å². The molecule has 2 atom stereocenters. The van der Waals surface area contributed by atoms with Gasteiger partial charge < -0.3 is 36.0 Å². The third kappa shape index (κ3) is 11.4. The summed E-state index contributed by atoms with van der Waals surface area (Å²) >= 11 is 0.702. The number of ether oxygens (including phenoxy) is 2. The van der Waals surface area contributed by atoms with Crippen LogP contribution in [0.3, 0.4) is 0 Å². The van der Waals surface area contributed by atoms with E-state index in [1.165, 1.54) is 19.6 Å². The molecule has 0 radical (unpaired) electrons. The Balaban J connectivity index is 0.00000106. The fourth-order valence-corrected chi connectivity index (χ4v) is 4.51. The number of nitrogens with two attached hydrogens (primary N) is 2. The number of amides is 3. The first kappa shape index (κ1) is 35.4. The lowest BCUT2D eigenvalue weighted by Gasteiger charge is -2.43. The number of esters is 1. The van der Waals surface area contributed by atoms with Gasteiger partial charge in [-0.1, -0.05) is 25.9 Å². The number of oxime groups is 1. The maximum atomic E-state index is 12.8. The highest BCUT2D eigenvalue weighted by atomic mass is 32.2. The quantitative estimate of drug-likeness (QED) is 0.0724. The van der Waals surface area contributed by atoms with Crippen LogP contribution in [0, 0.1) is 0 Å². The number of β-lactam (4-membered cyclic amide) rings is 1. The Labute approximate surface area is 241 Å². The summed E-state index contributed by atoms with van der Waals surface area (Å²) in [6.45, 7) is 13.5. The van der Waals surface area contributed by atoms with Crippen LogP contribution < -0.4 is 16.8 Å². The van der Waals surface area contributed by atoms with Gasteiger partial charge in [0.25, 0.3) is 11.8 Å². The van der Waals surface area contributed by atoms with E-state index in [9.17, 15) is 32.1 Å². The predicted octanol–water partition coefficient (Wildman–Crippen LogP) is -0.875. The van der Waals surface area contributed by atoms with Gasteiger partial charge in [0, 0.05) is 11.5 Å². The molecule has 1 fully saturated rings. The molecule has 18 nitrogen and oxygen atoms in total. The highest BCUT2D eigenvalue weighted by Gasteiger charge is 2.55. The first-order valence-corrected chi connectivity index (χ1v) is 14.4. The summed E-state index contributed by atoms with van der Waals surface area (Å²) in [7, 11) is -5.03. The second kappa shape index (κ2) is 15.4. The number of carbonyl (C=O) groups excluding carboxylic acids is 4. The fourth-order valence-electron chi connectivity index (χ4n) is 3.21. The molecule has 0 spiro atoms. The van der Waals surface area contributed by atoms with Crippen molar-refractivity contribution in [3.8, 4) is 0 Å². The summed E-state index contributed by atoms with van der Waals surface area (Å²) < 4.78 is 45.4. The fraction of sp³-hybridized carbons (Fsp3) is 0.667. The molecule has 0 unspecified atom stereocenters. The largest absolute Gasteiger partial charge is 0.457 e. The summed E-state index contributed by atoms with van der Waals surface area (Å²) in [6, 6.07) is -3.10. The molecule has 1 aliphatic heterocycles. The topological polar surface area (TPSA) is 259 Å². The zero-order valence-electron chi connectivity index (χ0n) is 23.5. The van der Waals surface area contributed by atoms with Gasteiger partial charge in [0.15, 0.2) is 5.13 Å². The molecular formula is C21H36N8O10S2. The standard InChI is InChI=1S/C15H21N7O10S2.C6H15N/c1-15(2,3)32-7(23)5-31-20-9(10-19-13(16)33-21-10)11(24)18-8-6(4-30-14(17)26)22(12(8)25)34(27,28)29;1-4-7(5-2)6-3/h6,8H,4-5H2,1-3H3,(H2,17,26)(H,18,24)(H2,16,19,21)(H,27,28,29);4-6H2,1-3H3/b20-9-;/t6-,8+;/m1./s1. The molecule has 0 saturated carbocycles. The first-order valence-electron chi connectivity index (χ1n) is 12.2. The van der Waals surface area contributed by atoms with Crippen LogP contribution in [0.5, 0.6) is 0 Å². The molecule has 41 heavy (non-hydrogen) atoms. The third-order valence-electron chi connectivity index (χ3n) is 5.07. The van der Waals surface area contributed by atoms with Crippen molar-refractivity contribution in [2.45, 2.75) is 59.2 Å². The van der Waals surface area contributed by atoms with Crippen LogP contribution in [0.25, 0.3) is 0 Å². The molecule has 0 bridgehead atoms. The lowest BCUT2D eigenvalue weighted by molar-refractivity contribution is -0.160. The molecule has 1 aromatic heterocycles. The molecule has 232 valence electrons. The van der Waals surface area contributed by atoms with E-state index in [1.54, 1.807) is 20.8 Å². The SMILES string of the molecule is CC(C)(C)OC(=O)CO/N=C(\C(=O)N[C@@H]1C(=O)N(S(=O)(=O)O)[C@@H]1COC(N)=O)c1nsc(N)n1.CCN(CC)CC. The Morgan fingerprint density at radius 3 is 2.20 bits per heavy atom. The van der Waals surface area contributed by atoms with E-state index in [1.807, 2.05) is 0 Å².